The van der Waals surface area contributed by atoms with E-state index < -0.39 is 4.92 Å². The van der Waals surface area contributed by atoms with Crippen molar-refractivity contribution in [2.45, 2.75) is 13.5 Å². The summed E-state index contributed by atoms with van der Waals surface area (Å²) in [7, 11) is 0. The molecule has 16 heavy (non-hydrogen) atoms. The minimum atomic E-state index is -0.431. The van der Waals surface area contributed by atoms with Crippen molar-refractivity contribution in [1.29, 1.82) is 0 Å². The van der Waals surface area contributed by atoms with E-state index in [4.69, 9.17) is 5.73 Å². The van der Waals surface area contributed by atoms with Crippen LogP contribution in [0.2, 0.25) is 0 Å². The van der Waals surface area contributed by atoms with Crippen LogP contribution in [-0.2, 0) is 6.54 Å². The van der Waals surface area contributed by atoms with Crippen LogP contribution < -0.4 is 11.1 Å². The highest BCUT2D eigenvalue weighted by molar-refractivity contribution is 5.77. The van der Waals surface area contributed by atoms with Gasteiger partial charge in [-0.15, -0.1) is 0 Å². The predicted molar refractivity (Wildman–Crippen MR) is 62.1 cm³/mol. The van der Waals surface area contributed by atoms with Gasteiger partial charge in [0.25, 0.3) is 5.69 Å². The molecule has 0 aliphatic rings. The number of nitro groups is 1. The molecule has 0 bridgehead atoms. The summed E-state index contributed by atoms with van der Waals surface area (Å²) < 4.78 is 0. The summed E-state index contributed by atoms with van der Waals surface area (Å²) in [5.41, 5.74) is 6.50. The van der Waals surface area contributed by atoms with Gasteiger partial charge in [-0.05, 0) is 12.5 Å². The molecule has 1 aromatic carbocycles. The monoisotopic (exact) mass is 222 g/mol. The predicted octanol–water partition coefficient (Wildman–Crippen LogP) is 1.02. The number of nitrogens with zero attached hydrogens (tertiary/aromatic N) is 2. The average molecular weight is 222 g/mol. The lowest BCUT2D eigenvalue weighted by molar-refractivity contribution is -0.384. The third-order valence-electron chi connectivity index (χ3n) is 1.94. The molecule has 6 nitrogen and oxygen atoms in total. The molecule has 0 amide bonds. The molecule has 0 spiro atoms. The van der Waals surface area contributed by atoms with Gasteiger partial charge in [-0.2, -0.15) is 0 Å². The van der Waals surface area contributed by atoms with Crippen LogP contribution in [-0.4, -0.2) is 17.4 Å². The van der Waals surface area contributed by atoms with E-state index in [0.29, 0.717) is 12.5 Å². The van der Waals surface area contributed by atoms with Crippen molar-refractivity contribution in [2.24, 2.45) is 10.7 Å². The van der Waals surface area contributed by atoms with Crippen LogP contribution in [0.5, 0.6) is 0 Å². The van der Waals surface area contributed by atoms with Crippen LogP contribution in [0.25, 0.3) is 0 Å². The molecule has 0 radical (unpaired) electrons. The lowest BCUT2D eigenvalue weighted by Gasteiger charge is -2.01. The fourth-order valence-electron chi connectivity index (χ4n) is 1.14. The minimum Gasteiger partial charge on any atom is -0.370 e. The summed E-state index contributed by atoms with van der Waals surface area (Å²) in [6.45, 7) is 3.06. The van der Waals surface area contributed by atoms with Crippen LogP contribution >= 0.6 is 0 Å². The Bertz CT molecular complexity index is 386. The average Bonchev–Trinajstić information content (AvgIpc) is 2.27. The first-order valence-electron chi connectivity index (χ1n) is 4.90. The summed E-state index contributed by atoms with van der Waals surface area (Å²) in [6.07, 6.45) is 0. The Balaban J connectivity index is 2.62. The largest absolute Gasteiger partial charge is 0.370 e. The number of hydrogen-bond donors (Lipinski definition) is 2. The van der Waals surface area contributed by atoms with Gasteiger partial charge >= 0.3 is 0 Å². The number of aliphatic imine (C=N–C) groups is 1. The van der Waals surface area contributed by atoms with Gasteiger partial charge in [0.1, 0.15) is 0 Å². The zero-order valence-electron chi connectivity index (χ0n) is 9.01. The Morgan fingerprint density at radius 2 is 2.12 bits per heavy atom. The van der Waals surface area contributed by atoms with Gasteiger partial charge in [0, 0.05) is 18.7 Å². The van der Waals surface area contributed by atoms with E-state index >= 15 is 0 Å². The highest BCUT2D eigenvalue weighted by Crippen LogP contribution is 2.12. The maximum Gasteiger partial charge on any atom is 0.269 e. The second-order valence-corrected chi connectivity index (χ2v) is 3.16. The van der Waals surface area contributed by atoms with Crippen LogP contribution in [0.3, 0.4) is 0 Å². The molecular formula is C10H14N4O2. The molecule has 0 saturated carbocycles. The summed E-state index contributed by atoms with van der Waals surface area (Å²) >= 11 is 0. The summed E-state index contributed by atoms with van der Waals surface area (Å²) in [4.78, 5) is 14.1. The molecule has 1 rings (SSSR count). The first kappa shape index (κ1) is 12.0. The molecule has 0 aromatic heterocycles. The molecule has 0 aliphatic heterocycles. The number of nitro benzene ring substituents is 1. The second kappa shape index (κ2) is 5.69. The molecule has 0 heterocycles. The zero-order chi connectivity index (χ0) is 12.0. The Morgan fingerprint density at radius 3 is 2.62 bits per heavy atom. The number of non-ortho nitro benzene ring substituents is 1. The Labute approximate surface area is 93.3 Å². The summed E-state index contributed by atoms with van der Waals surface area (Å²) in [6, 6.07) is 6.24. The molecule has 6 heteroatoms. The second-order valence-electron chi connectivity index (χ2n) is 3.16. The van der Waals surface area contributed by atoms with Crippen molar-refractivity contribution in [2.75, 3.05) is 6.54 Å². The van der Waals surface area contributed by atoms with E-state index in [9.17, 15) is 10.1 Å². The van der Waals surface area contributed by atoms with E-state index in [1.807, 2.05) is 6.92 Å². The molecule has 86 valence electrons. The van der Waals surface area contributed by atoms with Gasteiger partial charge in [0.2, 0.25) is 0 Å². The maximum absolute atomic E-state index is 10.4. The molecule has 0 saturated heterocycles. The fourth-order valence-corrected chi connectivity index (χ4v) is 1.14. The molecular weight excluding hydrogens is 208 g/mol. The number of guanidine groups is 1. The number of hydrogen-bond acceptors (Lipinski definition) is 3. The maximum atomic E-state index is 10.4. The standard InChI is InChI=1S/C10H14N4O2/c1-2-12-10(11)13-7-8-3-5-9(6-4-8)14(15)16/h3-6H,2,7H2,1H3,(H3,11,12,13). The first-order chi connectivity index (χ1) is 7.63. The Hall–Kier alpha value is -2.11. The third kappa shape index (κ3) is 3.56. The van der Waals surface area contributed by atoms with Crippen LogP contribution in [0.1, 0.15) is 12.5 Å². The number of rotatable bonds is 4. The van der Waals surface area contributed by atoms with Gasteiger partial charge in [0.15, 0.2) is 5.96 Å². The van der Waals surface area contributed by atoms with Crippen molar-refractivity contribution in [3.8, 4) is 0 Å². The highest BCUT2D eigenvalue weighted by atomic mass is 16.6. The van der Waals surface area contributed by atoms with Crippen molar-refractivity contribution in [1.82, 2.24) is 5.32 Å². The fraction of sp³-hybridized carbons (Fsp3) is 0.300. The van der Waals surface area contributed by atoms with Gasteiger partial charge in [-0.3, -0.25) is 10.1 Å². The normalized spacial score (nSPS) is 11.2. The summed E-state index contributed by atoms with van der Waals surface area (Å²) in [5.74, 6) is 0.376. The van der Waals surface area contributed by atoms with Gasteiger partial charge in [0.05, 0.1) is 11.5 Å². The third-order valence-corrected chi connectivity index (χ3v) is 1.94. The lowest BCUT2D eigenvalue weighted by Crippen LogP contribution is -2.31. The zero-order valence-corrected chi connectivity index (χ0v) is 9.01. The molecule has 3 N–H and O–H groups in total. The first-order valence-corrected chi connectivity index (χ1v) is 4.90. The SMILES string of the molecule is CCNC(N)=NCc1ccc([N+](=O)[O-])cc1. The van der Waals surface area contributed by atoms with Gasteiger partial charge in [-0.1, -0.05) is 12.1 Å². The molecule has 1 aromatic rings. The molecule has 0 unspecified atom stereocenters. The van der Waals surface area contributed by atoms with Crippen LogP contribution in [0.15, 0.2) is 29.3 Å². The quantitative estimate of drug-likeness (QED) is 0.344. The van der Waals surface area contributed by atoms with Crippen molar-refractivity contribution < 1.29 is 4.92 Å². The number of benzene rings is 1. The van der Waals surface area contributed by atoms with E-state index in [0.717, 1.165) is 12.1 Å². The number of nitrogens with one attached hydrogen (secondary N) is 1. The van der Waals surface area contributed by atoms with E-state index in [1.165, 1.54) is 12.1 Å². The lowest BCUT2D eigenvalue weighted by atomic mass is 10.2. The van der Waals surface area contributed by atoms with Crippen molar-refractivity contribution in [3.05, 3.63) is 39.9 Å². The van der Waals surface area contributed by atoms with E-state index in [2.05, 4.69) is 10.3 Å². The van der Waals surface area contributed by atoms with E-state index in [-0.39, 0.29) is 5.69 Å². The smallest absolute Gasteiger partial charge is 0.269 e. The van der Waals surface area contributed by atoms with Crippen LogP contribution in [0.4, 0.5) is 5.69 Å². The highest BCUT2D eigenvalue weighted by Gasteiger charge is 2.03. The van der Waals surface area contributed by atoms with Gasteiger partial charge < -0.3 is 11.1 Å². The van der Waals surface area contributed by atoms with Crippen molar-refractivity contribution in [3.63, 3.8) is 0 Å². The topological polar surface area (TPSA) is 93.5 Å². The molecule has 0 fully saturated rings. The number of nitrogens with two attached hydrogens (primary N) is 1. The Morgan fingerprint density at radius 1 is 1.50 bits per heavy atom. The molecule has 0 atom stereocenters. The van der Waals surface area contributed by atoms with E-state index in [1.54, 1.807) is 12.1 Å². The molecule has 0 aliphatic carbocycles. The minimum absolute atomic E-state index is 0.0763. The van der Waals surface area contributed by atoms with Crippen LogP contribution in [0, 0.1) is 10.1 Å². The van der Waals surface area contributed by atoms with Gasteiger partial charge in [-0.25, -0.2) is 4.99 Å². The Kier molecular flexibility index (Phi) is 4.26. The summed E-state index contributed by atoms with van der Waals surface area (Å²) in [5, 5.41) is 13.3. The van der Waals surface area contributed by atoms with Crippen molar-refractivity contribution >= 4 is 11.6 Å².